The van der Waals surface area contributed by atoms with E-state index in [4.69, 9.17) is 26.8 Å². The smallest absolute Gasteiger partial charge is 0.162 e. The monoisotopic (exact) mass is 256 g/mol. The lowest BCUT2D eigenvalue weighted by Gasteiger charge is -2.34. The molecule has 1 aliphatic rings. The number of anilines is 1. The first-order valence-electron chi connectivity index (χ1n) is 5.57. The van der Waals surface area contributed by atoms with Gasteiger partial charge in [-0.3, -0.25) is 0 Å². The molecule has 17 heavy (non-hydrogen) atoms. The van der Waals surface area contributed by atoms with Crippen molar-refractivity contribution in [1.29, 1.82) is 0 Å². The molecule has 5 heteroatoms. The summed E-state index contributed by atoms with van der Waals surface area (Å²) >= 11 is 6.17. The third kappa shape index (κ3) is 2.58. The van der Waals surface area contributed by atoms with Crippen LogP contribution in [0.1, 0.15) is 12.8 Å². The maximum atomic E-state index is 6.17. The molecular formula is C12H17ClN2O2. The van der Waals surface area contributed by atoms with Crippen LogP contribution < -0.4 is 20.5 Å². The summed E-state index contributed by atoms with van der Waals surface area (Å²) in [6.07, 6.45) is 1.95. The van der Waals surface area contributed by atoms with E-state index in [2.05, 4.69) is 5.32 Å². The quantitative estimate of drug-likeness (QED) is 0.868. The molecule has 0 saturated heterocycles. The number of nitrogens with two attached hydrogens (primary N) is 1. The van der Waals surface area contributed by atoms with Crippen LogP contribution in [0.2, 0.25) is 5.02 Å². The van der Waals surface area contributed by atoms with Crippen molar-refractivity contribution in [1.82, 2.24) is 0 Å². The summed E-state index contributed by atoms with van der Waals surface area (Å²) in [5.41, 5.74) is 6.61. The number of hydrogen-bond donors (Lipinski definition) is 2. The minimum atomic E-state index is 0.311. The highest BCUT2D eigenvalue weighted by Gasteiger charge is 2.26. The summed E-state index contributed by atoms with van der Waals surface area (Å²) in [4.78, 5) is 0. The van der Waals surface area contributed by atoms with Crippen LogP contribution in [0.5, 0.6) is 11.5 Å². The minimum absolute atomic E-state index is 0.311. The molecule has 1 fully saturated rings. The fraction of sp³-hybridized carbons (Fsp3) is 0.500. The van der Waals surface area contributed by atoms with Crippen molar-refractivity contribution in [2.45, 2.75) is 24.9 Å². The summed E-state index contributed by atoms with van der Waals surface area (Å²) in [5, 5.41) is 3.98. The first-order chi connectivity index (χ1) is 8.13. The molecule has 1 aromatic carbocycles. The number of hydrogen-bond acceptors (Lipinski definition) is 4. The Labute approximate surface area is 106 Å². The third-order valence-corrected chi connectivity index (χ3v) is 3.32. The molecule has 3 N–H and O–H groups in total. The van der Waals surface area contributed by atoms with Crippen molar-refractivity contribution in [2.24, 2.45) is 5.73 Å². The Morgan fingerprint density at radius 1 is 1.24 bits per heavy atom. The largest absolute Gasteiger partial charge is 0.493 e. The van der Waals surface area contributed by atoms with Gasteiger partial charge in [0.15, 0.2) is 11.5 Å². The molecule has 0 heterocycles. The van der Waals surface area contributed by atoms with Crippen LogP contribution in [-0.2, 0) is 0 Å². The number of rotatable bonds is 4. The molecule has 0 radical (unpaired) electrons. The van der Waals surface area contributed by atoms with E-state index in [9.17, 15) is 0 Å². The van der Waals surface area contributed by atoms with Gasteiger partial charge in [-0.2, -0.15) is 0 Å². The van der Waals surface area contributed by atoms with Crippen molar-refractivity contribution < 1.29 is 9.47 Å². The fourth-order valence-corrected chi connectivity index (χ4v) is 2.17. The van der Waals surface area contributed by atoms with E-state index >= 15 is 0 Å². The Bertz CT molecular complexity index is 406. The Kier molecular flexibility index (Phi) is 3.64. The van der Waals surface area contributed by atoms with Gasteiger partial charge < -0.3 is 20.5 Å². The van der Waals surface area contributed by atoms with Gasteiger partial charge in [0, 0.05) is 24.2 Å². The van der Waals surface area contributed by atoms with E-state index in [1.54, 1.807) is 20.3 Å². The molecule has 0 aliphatic heterocycles. The molecule has 0 atom stereocenters. The molecule has 0 bridgehead atoms. The van der Waals surface area contributed by atoms with Crippen LogP contribution in [0.15, 0.2) is 12.1 Å². The SMILES string of the molecule is COc1cc(Cl)c(NC2CC(N)C2)cc1OC. The molecule has 1 saturated carbocycles. The van der Waals surface area contributed by atoms with E-state index in [0.29, 0.717) is 28.6 Å². The fourth-order valence-electron chi connectivity index (χ4n) is 1.96. The second-order valence-corrected chi connectivity index (χ2v) is 4.67. The highest BCUT2D eigenvalue weighted by atomic mass is 35.5. The molecular weight excluding hydrogens is 240 g/mol. The molecule has 4 nitrogen and oxygen atoms in total. The number of benzene rings is 1. The maximum absolute atomic E-state index is 6.17. The van der Waals surface area contributed by atoms with Crippen molar-refractivity contribution in [3.8, 4) is 11.5 Å². The maximum Gasteiger partial charge on any atom is 0.162 e. The molecule has 94 valence electrons. The molecule has 0 spiro atoms. The lowest BCUT2D eigenvalue weighted by molar-refractivity contribution is 0.354. The predicted molar refractivity (Wildman–Crippen MR) is 69.2 cm³/mol. The molecule has 1 aliphatic carbocycles. The zero-order valence-corrected chi connectivity index (χ0v) is 10.8. The zero-order chi connectivity index (χ0) is 12.4. The van der Waals surface area contributed by atoms with Crippen LogP contribution in [0.25, 0.3) is 0 Å². The number of methoxy groups -OCH3 is 2. The average Bonchev–Trinajstić information content (AvgIpc) is 2.28. The van der Waals surface area contributed by atoms with Crippen molar-refractivity contribution >= 4 is 17.3 Å². The van der Waals surface area contributed by atoms with Crippen LogP contribution in [0.3, 0.4) is 0 Å². The van der Waals surface area contributed by atoms with Crippen LogP contribution in [0, 0.1) is 0 Å². The van der Waals surface area contributed by atoms with Crippen molar-refractivity contribution in [2.75, 3.05) is 19.5 Å². The summed E-state index contributed by atoms with van der Waals surface area (Å²) in [7, 11) is 3.20. The summed E-state index contributed by atoms with van der Waals surface area (Å²) in [6, 6.07) is 4.32. The zero-order valence-electron chi connectivity index (χ0n) is 10.00. The number of nitrogens with one attached hydrogen (secondary N) is 1. The van der Waals surface area contributed by atoms with Gasteiger partial charge in [0.2, 0.25) is 0 Å². The first kappa shape index (κ1) is 12.3. The van der Waals surface area contributed by atoms with Gasteiger partial charge in [-0.1, -0.05) is 11.6 Å². The van der Waals surface area contributed by atoms with Gasteiger partial charge in [-0.05, 0) is 12.8 Å². The van der Waals surface area contributed by atoms with E-state index in [1.807, 2.05) is 6.07 Å². The van der Waals surface area contributed by atoms with Crippen molar-refractivity contribution in [3.05, 3.63) is 17.2 Å². The summed E-state index contributed by atoms with van der Waals surface area (Å²) in [6.45, 7) is 0. The van der Waals surface area contributed by atoms with Crippen molar-refractivity contribution in [3.63, 3.8) is 0 Å². The minimum Gasteiger partial charge on any atom is -0.493 e. The summed E-state index contributed by atoms with van der Waals surface area (Å²) in [5.74, 6) is 1.30. The topological polar surface area (TPSA) is 56.5 Å². The highest BCUT2D eigenvalue weighted by molar-refractivity contribution is 6.33. The van der Waals surface area contributed by atoms with E-state index < -0.39 is 0 Å². The molecule has 0 aromatic heterocycles. The second-order valence-electron chi connectivity index (χ2n) is 4.26. The van der Waals surface area contributed by atoms with E-state index in [1.165, 1.54) is 0 Å². The average molecular weight is 257 g/mol. The predicted octanol–water partition coefficient (Wildman–Crippen LogP) is 2.26. The van der Waals surface area contributed by atoms with E-state index in [0.717, 1.165) is 18.5 Å². The standard InChI is InChI=1S/C12H17ClN2O2/c1-16-11-5-9(13)10(6-12(11)17-2)15-8-3-7(14)4-8/h5-8,15H,3-4,14H2,1-2H3. The van der Waals surface area contributed by atoms with Gasteiger partial charge in [-0.15, -0.1) is 0 Å². The van der Waals surface area contributed by atoms with Crippen LogP contribution in [-0.4, -0.2) is 26.3 Å². The van der Waals surface area contributed by atoms with Gasteiger partial charge in [-0.25, -0.2) is 0 Å². The van der Waals surface area contributed by atoms with Crippen LogP contribution >= 0.6 is 11.6 Å². The molecule has 0 amide bonds. The van der Waals surface area contributed by atoms with Crippen LogP contribution in [0.4, 0.5) is 5.69 Å². The Balaban J connectivity index is 2.16. The Morgan fingerprint density at radius 3 is 2.35 bits per heavy atom. The van der Waals surface area contributed by atoms with E-state index in [-0.39, 0.29) is 0 Å². The molecule has 0 unspecified atom stereocenters. The number of ether oxygens (including phenoxy) is 2. The Hall–Kier alpha value is -1.13. The van der Waals surface area contributed by atoms with Gasteiger partial charge in [0.05, 0.1) is 24.9 Å². The second kappa shape index (κ2) is 5.02. The lowest BCUT2D eigenvalue weighted by atomic mass is 9.87. The number of halogens is 1. The molecule has 2 rings (SSSR count). The third-order valence-electron chi connectivity index (χ3n) is 3.01. The van der Waals surface area contributed by atoms with Gasteiger partial charge >= 0.3 is 0 Å². The highest BCUT2D eigenvalue weighted by Crippen LogP contribution is 2.37. The summed E-state index contributed by atoms with van der Waals surface area (Å²) < 4.78 is 10.4. The first-order valence-corrected chi connectivity index (χ1v) is 5.95. The van der Waals surface area contributed by atoms with Gasteiger partial charge in [0.25, 0.3) is 0 Å². The van der Waals surface area contributed by atoms with Gasteiger partial charge in [0.1, 0.15) is 0 Å². The normalized spacial score (nSPS) is 22.8. The molecule has 1 aromatic rings. The lowest BCUT2D eigenvalue weighted by Crippen LogP contribution is -2.44. The Morgan fingerprint density at radius 2 is 1.82 bits per heavy atom.